The Bertz CT molecular complexity index is 1130. The van der Waals surface area contributed by atoms with Crippen LogP contribution < -0.4 is 9.47 Å². The predicted molar refractivity (Wildman–Crippen MR) is 116 cm³/mol. The Hall–Kier alpha value is -2.63. The second-order valence-electron chi connectivity index (χ2n) is 7.64. The highest BCUT2D eigenvalue weighted by Gasteiger charge is 2.44. The van der Waals surface area contributed by atoms with Crippen molar-refractivity contribution in [2.24, 2.45) is 0 Å². The Morgan fingerprint density at radius 2 is 1.87 bits per heavy atom. The number of hydrogen-bond acceptors (Lipinski definition) is 3. The molecule has 5 nitrogen and oxygen atoms in total. The van der Waals surface area contributed by atoms with Crippen LogP contribution in [0.2, 0.25) is 10.0 Å². The van der Waals surface area contributed by atoms with Gasteiger partial charge < -0.3 is 18.9 Å². The third-order valence-corrected chi connectivity index (χ3v) is 6.37. The smallest absolute Gasteiger partial charge is 0.254 e. The lowest BCUT2D eigenvalue weighted by molar-refractivity contribution is -0.00930. The summed E-state index contributed by atoms with van der Waals surface area (Å²) >= 11 is 12.4. The number of fused-ring (bicyclic) bond motifs is 4. The van der Waals surface area contributed by atoms with E-state index < -0.39 is 5.60 Å². The van der Waals surface area contributed by atoms with Crippen molar-refractivity contribution in [3.8, 4) is 17.2 Å². The molecule has 1 saturated heterocycles. The summed E-state index contributed by atoms with van der Waals surface area (Å²) in [4.78, 5) is 14.9. The minimum absolute atomic E-state index is 0.0553. The first-order chi connectivity index (χ1) is 14.5. The molecule has 0 atom stereocenters. The lowest BCUT2D eigenvalue weighted by Gasteiger charge is -2.45. The number of ether oxygens (including phenoxy) is 2. The summed E-state index contributed by atoms with van der Waals surface area (Å²) in [6.07, 6.45) is 3.42. The van der Waals surface area contributed by atoms with E-state index in [4.69, 9.17) is 32.7 Å². The number of hydrogen-bond donors (Lipinski definition) is 0. The maximum Gasteiger partial charge on any atom is 0.254 e. The van der Waals surface area contributed by atoms with Gasteiger partial charge in [-0.1, -0.05) is 23.2 Å². The Morgan fingerprint density at radius 1 is 1.07 bits per heavy atom. The summed E-state index contributed by atoms with van der Waals surface area (Å²) in [5.74, 6) is 1.28. The summed E-state index contributed by atoms with van der Waals surface area (Å²) in [7, 11) is 1.56. The first-order valence-corrected chi connectivity index (χ1v) is 10.6. The molecule has 0 aliphatic carbocycles. The number of nitrogens with zero attached hydrogens (tertiary/aromatic N) is 2. The quantitative estimate of drug-likeness (QED) is 0.539. The summed E-state index contributed by atoms with van der Waals surface area (Å²) in [6.45, 7) is 1.16. The molecule has 30 heavy (non-hydrogen) atoms. The number of amides is 1. The lowest BCUT2D eigenvalue weighted by Crippen LogP contribution is -2.50. The van der Waals surface area contributed by atoms with Crippen LogP contribution in [0, 0.1) is 0 Å². The second kappa shape index (κ2) is 7.25. The highest BCUT2D eigenvalue weighted by molar-refractivity contribution is 6.31. The summed E-state index contributed by atoms with van der Waals surface area (Å²) in [5.41, 5.74) is 2.13. The standard InChI is InChI=1S/C23H20Cl2N2O3/c1-29-18-12-15(11-17(25)13-18)22(28)26-9-6-23(7-10-26)21-3-2-8-27(21)19-5-4-16(24)14-20(19)30-23/h2-5,8,11-14H,6-7,9-10H2,1H3. The number of halogens is 2. The van der Waals surface area contributed by atoms with Gasteiger partial charge in [0, 0.05) is 53.8 Å². The van der Waals surface area contributed by atoms with E-state index in [0.717, 1.165) is 17.1 Å². The van der Waals surface area contributed by atoms with E-state index in [9.17, 15) is 4.79 Å². The number of aromatic nitrogens is 1. The average molecular weight is 443 g/mol. The molecule has 2 aliphatic rings. The number of carbonyl (C=O) groups is 1. The van der Waals surface area contributed by atoms with Crippen LogP contribution in [-0.4, -0.2) is 35.6 Å². The Kier molecular flexibility index (Phi) is 4.68. The molecule has 1 aromatic heterocycles. The van der Waals surface area contributed by atoms with Crippen molar-refractivity contribution < 1.29 is 14.3 Å². The van der Waals surface area contributed by atoms with Gasteiger partial charge in [-0.25, -0.2) is 0 Å². The van der Waals surface area contributed by atoms with E-state index in [1.165, 1.54) is 0 Å². The molecule has 3 aromatic rings. The topological polar surface area (TPSA) is 43.7 Å². The minimum atomic E-state index is -0.482. The molecular weight excluding hydrogens is 423 g/mol. The van der Waals surface area contributed by atoms with Crippen LogP contribution in [0.3, 0.4) is 0 Å². The zero-order valence-corrected chi connectivity index (χ0v) is 17.9. The van der Waals surface area contributed by atoms with Crippen molar-refractivity contribution in [2.75, 3.05) is 20.2 Å². The molecule has 0 unspecified atom stereocenters. The molecule has 1 amide bonds. The van der Waals surface area contributed by atoms with Crippen molar-refractivity contribution >= 4 is 29.1 Å². The third kappa shape index (κ3) is 3.13. The van der Waals surface area contributed by atoms with Gasteiger partial charge in [0.1, 0.15) is 11.5 Å². The number of rotatable bonds is 2. The molecule has 7 heteroatoms. The molecule has 0 saturated carbocycles. The monoisotopic (exact) mass is 442 g/mol. The number of methoxy groups -OCH3 is 1. The second-order valence-corrected chi connectivity index (χ2v) is 8.52. The molecular formula is C23H20Cl2N2O3. The van der Waals surface area contributed by atoms with Crippen LogP contribution in [0.4, 0.5) is 0 Å². The molecule has 0 N–H and O–H groups in total. The normalized spacial score (nSPS) is 16.6. The van der Waals surface area contributed by atoms with E-state index in [2.05, 4.69) is 10.6 Å². The van der Waals surface area contributed by atoms with Gasteiger partial charge in [-0.3, -0.25) is 4.79 Å². The van der Waals surface area contributed by atoms with Crippen LogP contribution in [0.25, 0.3) is 5.69 Å². The van der Waals surface area contributed by atoms with Gasteiger partial charge in [-0.2, -0.15) is 0 Å². The van der Waals surface area contributed by atoms with E-state index >= 15 is 0 Å². The largest absolute Gasteiger partial charge is 0.497 e. The summed E-state index contributed by atoms with van der Waals surface area (Å²) in [5, 5.41) is 1.12. The first kappa shape index (κ1) is 19.3. The van der Waals surface area contributed by atoms with E-state index in [1.807, 2.05) is 35.4 Å². The molecule has 5 rings (SSSR count). The molecule has 1 fully saturated rings. The maximum atomic E-state index is 13.1. The summed E-state index contributed by atoms with van der Waals surface area (Å²) in [6, 6.07) is 14.9. The van der Waals surface area contributed by atoms with Gasteiger partial charge in [0.2, 0.25) is 0 Å². The Labute approximate surface area is 184 Å². The Balaban J connectivity index is 1.41. The van der Waals surface area contributed by atoms with Crippen LogP contribution in [0.1, 0.15) is 28.9 Å². The van der Waals surface area contributed by atoms with Crippen LogP contribution in [-0.2, 0) is 5.60 Å². The fourth-order valence-electron chi connectivity index (χ4n) is 4.41. The highest BCUT2D eigenvalue weighted by Crippen LogP contribution is 2.45. The van der Waals surface area contributed by atoms with Crippen molar-refractivity contribution in [1.82, 2.24) is 9.47 Å². The van der Waals surface area contributed by atoms with E-state index in [-0.39, 0.29) is 5.91 Å². The number of carbonyl (C=O) groups excluding carboxylic acids is 1. The SMILES string of the molecule is COc1cc(Cl)cc(C(=O)N2CCC3(CC2)Oc2cc(Cl)ccc2-n2cccc23)c1. The summed E-state index contributed by atoms with van der Waals surface area (Å²) < 4.78 is 13.9. The molecule has 3 heterocycles. The Morgan fingerprint density at radius 3 is 2.63 bits per heavy atom. The fraction of sp³-hybridized carbons (Fsp3) is 0.261. The minimum Gasteiger partial charge on any atom is -0.497 e. The van der Waals surface area contributed by atoms with Crippen LogP contribution >= 0.6 is 23.2 Å². The zero-order valence-electron chi connectivity index (χ0n) is 16.4. The number of piperidine rings is 1. The zero-order chi connectivity index (χ0) is 20.9. The van der Waals surface area contributed by atoms with Gasteiger partial charge in [-0.05, 0) is 42.5 Å². The van der Waals surface area contributed by atoms with Gasteiger partial charge in [0.25, 0.3) is 5.91 Å². The van der Waals surface area contributed by atoms with Crippen LogP contribution in [0.5, 0.6) is 11.5 Å². The van der Waals surface area contributed by atoms with Gasteiger partial charge in [0.05, 0.1) is 18.5 Å². The van der Waals surface area contributed by atoms with Crippen molar-refractivity contribution in [3.63, 3.8) is 0 Å². The van der Waals surface area contributed by atoms with E-state index in [0.29, 0.717) is 47.3 Å². The predicted octanol–water partition coefficient (Wildman–Crippen LogP) is 5.32. The fourth-order valence-corrected chi connectivity index (χ4v) is 4.80. The molecule has 0 bridgehead atoms. The molecule has 2 aromatic carbocycles. The number of benzene rings is 2. The van der Waals surface area contributed by atoms with Gasteiger partial charge in [-0.15, -0.1) is 0 Å². The van der Waals surface area contributed by atoms with Crippen molar-refractivity contribution in [1.29, 1.82) is 0 Å². The first-order valence-electron chi connectivity index (χ1n) is 9.80. The molecule has 154 valence electrons. The maximum absolute atomic E-state index is 13.1. The van der Waals surface area contributed by atoms with E-state index in [1.54, 1.807) is 25.3 Å². The lowest BCUT2D eigenvalue weighted by atomic mass is 9.86. The molecule has 0 radical (unpaired) electrons. The van der Waals surface area contributed by atoms with Crippen LogP contribution in [0.15, 0.2) is 54.7 Å². The van der Waals surface area contributed by atoms with Gasteiger partial charge >= 0.3 is 0 Å². The molecule has 1 spiro atoms. The number of likely N-dealkylation sites (tertiary alicyclic amines) is 1. The average Bonchev–Trinajstić information content (AvgIpc) is 3.24. The molecule has 2 aliphatic heterocycles. The van der Waals surface area contributed by atoms with Crippen molar-refractivity contribution in [2.45, 2.75) is 18.4 Å². The van der Waals surface area contributed by atoms with Crippen molar-refractivity contribution in [3.05, 3.63) is 76.0 Å². The highest BCUT2D eigenvalue weighted by atomic mass is 35.5. The van der Waals surface area contributed by atoms with Gasteiger partial charge in [0.15, 0.2) is 5.60 Å². The third-order valence-electron chi connectivity index (χ3n) is 5.91.